The summed E-state index contributed by atoms with van der Waals surface area (Å²) < 4.78 is 0. The van der Waals surface area contributed by atoms with Gasteiger partial charge in [0.25, 0.3) is 0 Å². The van der Waals surface area contributed by atoms with Gasteiger partial charge in [-0.1, -0.05) is 0 Å². The van der Waals surface area contributed by atoms with Crippen molar-refractivity contribution in [3.05, 3.63) is 29.6 Å². The van der Waals surface area contributed by atoms with Crippen LogP contribution in [0.3, 0.4) is 0 Å². The van der Waals surface area contributed by atoms with Gasteiger partial charge in [-0.15, -0.1) is 0 Å². The molecule has 1 saturated heterocycles. The molecule has 1 atom stereocenters. The van der Waals surface area contributed by atoms with E-state index in [9.17, 15) is 0 Å². The molecule has 3 N–H and O–H groups in total. The third-order valence-corrected chi connectivity index (χ3v) is 3.55. The fourth-order valence-corrected chi connectivity index (χ4v) is 2.25. The van der Waals surface area contributed by atoms with Crippen LogP contribution in [-0.4, -0.2) is 53.3 Å². The van der Waals surface area contributed by atoms with Gasteiger partial charge in [-0.25, -0.2) is 0 Å². The average Bonchev–Trinajstić information content (AvgIpc) is 2.34. The summed E-state index contributed by atoms with van der Waals surface area (Å²) in [7, 11) is 2.17. The lowest BCUT2D eigenvalue weighted by Crippen LogP contribution is -2.49. The number of hydrogen-bond acceptors (Lipinski definition) is 4. The van der Waals surface area contributed by atoms with Crippen molar-refractivity contribution in [2.24, 2.45) is 5.73 Å². The molecule has 1 fully saturated rings. The van der Waals surface area contributed by atoms with E-state index in [1.807, 2.05) is 12.1 Å². The van der Waals surface area contributed by atoms with Crippen molar-refractivity contribution < 1.29 is 0 Å². The summed E-state index contributed by atoms with van der Waals surface area (Å²) in [6, 6.07) is 4.49. The molecule has 1 unspecified atom stereocenters. The van der Waals surface area contributed by atoms with E-state index in [0.717, 1.165) is 26.2 Å². The molecular formula is C13H21N5. The zero-order valence-electron chi connectivity index (χ0n) is 11.1. The molecule has 5 nitrogen and oxygen atoms in total. The van der Waals surface area contributed by atoms with Gasteiger partial charge < -0.3 is 10.6 Å². The van der Waals surface area contributed by atoms with E-state index in [0.29, 0.717) is 11.7 Å². The molecule has 18 heavy (non-hydrogen) atoms. The van der Waals surface area contributed by atoms with Crippen LogP contribution in [0.2, 0.25) is 0 Å². The first-order valence-electron chi connectivity index (χ1n) is 6.28. The van der Waals surface area contributed by atoms with Crippen molar-refractivity contribution in [1.29, 1.82) is 5.41 Å². The summed E-state index contributed by atoms with van der Waals surface area (Å²) >= 11 is 0. The molecule has 0 bridgehead atoms. The summed E-state index contributed by atoms with van der Waals surface area (Å²) in [5, 5.41) is 7.41. The summed E-state index contributed by atoms with van der Waals surface area (Å²) in [4.78, 5) is 8.90. The second-order valence-electron chi connectivity index (χ2n) is 5.03. The number of likely N-dealkylation sites (N-methyl/N-ethyl adjacent to an activating group) is 1. The Morgan fingerprint density at radius 2 is 2.33 bits per heavy atom. The first-order chi connectivity index (χ1) is 8.56. The Morgan fingerprint density at radius 1 is 1.56 bits per heavy atom. The van der Waals surface area contributed by atoms with Gasteiger partial charge in [0.15, 0.2) is 0 Å². The molecule has 5 heteroatoms. The Balaban J connectivity index is 2.01. The molecule has 1 aliphatic rings. The van der Waals surface area contributed by atoms with Gasteiger partial charge in [0.2, 0.25) is 0 Å². The van der Waals surface area contributed by atoms with Gasteiger partial charge >= 0.3 is 0 Å². The number of nitrogens with one attached hydrogen (secondary N) is 1. The Kier molecular flexibility index (Phi) is 3.93. The number of piperazine rings is 1. The molecule has 0 spiro atoms. The third kappa shape index (κ3) is 3.05. The minimum absolute atomic E-state index is 0.0311. The lowest BCUT2D eigenvalue weighted by atomic mass is 10.1. The lowest BCUT2D eigenvalue weighted by molar-refractivity contribution is 0.1000. The summed E-state index contributed by atoms with van der Waals surface area (Å²) in [5.41, 5.74) is 7.19. The smallest absolute Gasteiger partial charge is 0.141 e. The molecule has 1 aromatic rings. The molecule has 0 aromatic carbocycles. The van der Waals surface area contributed by atoms with E-state index < -0.39 is 0 Å². The topological polar surface area (TPSA) is 69.2 Å². The maximum atomic E-state index is 7.41. The van der Waals surface area contributed by atoms with E-state index in [-0.39, 0.29) is 5.84 Å². The fourth-order valence-electron chi connectivity index (χ4n) is 2.25. The van der Waals surface area contributed by atoms with Crippen molar-refractivity contribution in [1.82, 2.24) is 14.8 Å². The van der Waals surface area contributed by atoms with Crippen LogP contribution in [-0.2, 0) is 6.54 Å². The molecule has 1 aromatic heterocycles. The number of amidine groups is 1. The average molecular weight is 247 g/mol. The second-order valence-corrected chi connectivity index (χ2v) is 5.03. The van der Waals surface area contributed by atoms with E-state index in [1.54, 1.807) is 6.20 Å². The van der Waals surface area contributed by atoms with Crippen LogP contribution in [0.15, 0.2) is 18.3 Å². The number of nitrogens with two attached hydrogens (primary N) is 1. The number of nitrogens with zero attached hydrogens (tertiary/aromatic N) is 3. The van der Waals surface area contributed by atoms with Crippen LogP contribution < -0.4 is 5.73 Å². The van der Waals surface area contributed by atoms with E-state index in [1.165, 1.54) is 5.56 Å². The van der Waals surface area contributed by atoms with Crippen LogP contribution in [0.25, 0.3) is 0 Å². The van der Waals surface area contributed by atoms with Gasteiger partial charge in [-0.05, 0) is 31.7 Å². The Hall–Kier alpha value is -1.46. The quantitative estimate of drug-likeness (QED) is 0.603. The Bertz CT molecular complexity index is 431. The molecule has 0 saturated carbocycles. The maximum Gasteiger partial charge on any atom is 0.141 e. The van der Waals surface area contributed by atoms with Crippen molar-refractivity contribution in [2.45, 2.75) is 19.5 Å². The maximum absolute atomic E-state index is 7.41. The molecule has 98 valence electrons. The van der Waals surface area contributed by atoms with Crippen molar-refractivity contribution in [3.63, 3.8) is 0 Å². The van der Waals surface area contributed by atoms with Crippen molar-refractivity contribution in [2.75, 3.05) is 26.7 Å². The van der Waals surface area contributed by atoms with Gasteiger partial charge in [0, 0.05) is 38.4 Å². The number of rotatable bonds is 3. The van der Waals surface area contributed by atoms with Crippen LogP contribution in [0, 0.1) is 5.41 Å². The normalized spacial score (nSPS) is 22.0. The van der Waals surface area contributed by atoms with Crippen LogP contribution in [0.4, 0.5) is 0 Å². The summed E-state index contributed by atoms with van der Waals surface area (Å²) in [5.74, 6) is 0.0311. The highest BCUT2D eigenvalue weighted by atomic mass is 15.3. The highest BCUT2D eigenvalue weighted by molar-refractivity contribution is 5.93. The Labute approximate surface area is 108 Å². The first-order valence-corrected chi connectivity index (χ1v) is 6.28. The van der Waals surface area contributed by atoms with Crippen molar-refractivity contribution in [3.8, 4) is 0 Å². The second kappa shape index (κ2) is 5.46. The van der Waals surface area contributed by atoms with E-state index >= 15 is 0 Å². The predicted molar refractivity (Wildman–Crippen MR) is 72.6 cm³/mol. The van der Waals surface area contributed by atoms with Crippen molar-refractivity contribution >= 4 is 5.84 Å². The van der Waals surface area contributed by atoms with E-state index in [2.05, 4.69) is 28.8 Å². The van der Waals surface area contributed by atoms with E-state index in [4.69, 9.17) is 11.1 Å². The number of aromatic nitrogens is 1. The zero-order chi connectivity index (χ0) is 13.1. The van der Waals surface area contributed by atoms with Crippen LogP contribution >= 0.6 is 0 Å². The van der Waals surface area contributed by atoms with Crippen LogP contribution in [0.5, 0.6) is 0 Å². The number of nitrogen functional groups attached to an aromatic ring is 1. The highest BCUT2D eigenvalue weighted by Crippen LogP contribution is 2.11. The minimum atomic E-state index is 0.0311. The SMILES string of the molecule is CC1CN(Cc2ccnc(C(=N)N)c2)CCN1C. The molecule has 0 radical (unpaired) electrons. The summed E-state index contributed by atoms with van der Waals surface area (Å²) in [6.45, 7) is 6.42. The predicted octanol–water partition coefficient (Wildman–Crippen LogP) is 0.502. The number of pyridine rings is 1. The monoisotopic (exact) mass is 247 g/mol. The zero-order valence-corrected chi connectivity index (χ0v) is 11.1. The molecule has 1 aliphatic heterocycles. The summed E-state index contributed by atoms with van der Waals surface area (Å²) in [6.07, 6.45) is 1.73. The number of hydrogen-bond donors (Lipinski definition) is 2. The Morgan fingerprint density at radius 3 is 3.00 bits per heavy atom. The molecule has 0 amide bonds. The highest BCUT2D eigenvalue weighted by Gasteiger charge is 2.20. The first kappa shape index (κ1) is 13.0. The lowest BCUT2D eigenvalue weighted by Gasteiger charge is -2.37. The van der Waals surface area contributed by atoms with Gasteiger partial charge in [0.1, 0.15) is 11.5 Å². The minimum Gasteiger partial charge on any atom is -0.382 e. The molecule has 2 rings (SSSR count). The molecule has 2 heterocycles. The van der Waals surface area contributed by atoms with Crippen LogP contribution in [0.1, 0.15) is 18.2 Å². The fraction of sp³-hybridized carbons (Fsp3) is 0.538. The van der Waals surface area contributed by atoms with Gasteiger partial charge in [0.05, 0.1) is 0 Å². The standard InChI is InChI=1S/C13H21N5/c1-10-8-18(6-5-17(10)2)9-11-3-4-16-12(7-11)13(14)15/h3-4,7,10H,5-6,8-9H2,1-2H3,(H3,14,15). The van der Waals surface area contributed by atoms with Gasteiger partial charge in [-0.2, -0.15) is 0 Å². The molecular weight excluding hydrogens is 226 g/mol. The largest absolute Gasteiger partial charge is 0.382 e. The third-order valence-electron chi connectivity index (χ3n) is 3.55. The van der Waals surface area contributed by atoms with Gasteiger partial charge in [-0.3, -0.25) is 15.3 Å². The molecule has 0 aliphatic carbocycles.